The van der Waals surface area contributed by atoms with E-state index in [1.165, 1.54) is 12.3 Å². The maximum Gasteiger partial charge on any atom is 0.319 e. The van der Waals surface area contributed by atoms with E-state index in [0.717, 1.165) is 37.9 Å². The number of halogens is 2. The molecule has 7 rings (SSSR count). The van der Waals surface area contributed by atoms with E-state index in [9.17, 15) is 14.9 Å². The third-order valence-electron chi connectivity index (χ3n) is 9.48. The Bertz CT molecular complexity index is 2030. The van der Waals surface area contributed by atoms with E-state index in [0.29, 0.717) is 53.8 Å². The Morgan fingerprint density at radius 3 is 2.80 bits per heavy atom. The average Bonchev–Trinajstić information content (AvgIpc) is 3.59. The van der Waals surface area contributed by atoms with Crippen molar-refractivity contribution in [1.82, 2.24) is 24.8 Å². The van der Waals surface area contributed by atoms with E-state index >= 15 is 4.39 Å². The molecule has 2 aromatic carbocycles. The van der Waals surface area contributed by atoms with Crippen LogP contribution in [0.4, 0.5) is 14.6 Å². The number of rotatable bonds is 6. The van der Waals surface area contributed by atoms with E-state index in [4.69, 9.17) is 16.1 Å². The predicted octanol–water partition coefficient (Wildman–Crippen LogP) is 5.16. The fraction of sp³-hybridized carbons (Fsp3) is 0.343. The molecule has 3 aliphatic heterocycles. The van der Waals surface area contributed by atoms with Crippen molar-refractivity contribution in [2.45, 2.75) is 37.3 Å². The lowest BCUT2D eigenvalue weighted by Crippen LogP contribution is -2.51. The van der Waals surface area contributed by atoms with Crippen LogP contribution in [0.15, 0.2) is 48.7 Å². The smallest absolute Gasteiger partial charge is 0.319 e. The Kier molecular flexibility index (Phi) is 7.39. The first-order chi connectivity index (χ1) is 22.4. The Hall–Kier alpha value is -5.31. The molecule has 0 bridgehead atoms. The second-order valence-electron chi connectivity index (χ2n) is 12.2. The van der Waals surface area contributed by atoms with Gasteiger partial charge in [-0.25, -0.2) is 8.78 Å². The van der Waals surface area contributed by atoms with Crippen molar-refractivity contribution in [2.75, 3.05) is 44.2 Å². The SMILES string of the molecule is C#Cc1c(F)ccc2cccc(-c3ncc4c(N5CCN(C#N)[C@@H](CC#N)C5)nc(OCC56CCCN5CC(=C)C6)nc4c3F)c12. The van der Waals surface area contributed by atoms with Crippen molar-refractivity contribution in [2.24, 2.45) is 0 Å². The van der Waals surface area contributed by atoms with Crippen LogP contribution in [0.3, 0.4) is 0 Å². The van der Waals surface area contributed by atoms with E-state index in [-0.39, 0.29) is 40.8 Å². The van der Waals surface area contributed by atoms with Crippen molar-refractivity contribution in [3.05, 3.63) is 65.9 Å². The van der Waals surface area contributed by atoms with Gasteiger partial charge >= 0.3 is 6.01 Å². The van der Waals surface area contributed by atoms with Crippen molar-refractivity contribution in [3.8, 4) is 41.9 Å². The number of hydrogen-bond donors (Lipinski definition) is 0. The van der Waals surface area contributed by atoms with Gasteiger partial charge in [-0.05, 0) is 37.3 Å². The molecule has 0 spiro atoms. The van der Waals surface area contributed by atoms with E-state index < -0.39 is 11.6 Å². The summed E-state index contributed by atoms with van der Waals surface area (Å²) in [4.78, 5) is 19.8. The van der Waals surface area contributed by atoms with E-state index in [1.54, 1.807) is 29.2 Å². The predicted molar refractivity (Wildman–Crippen MR) is 169 cm³/mol. The minimum atomic E-state index is -0.718. The molecule has 4 aromatic rings. The lowest BCUT2D eigenvalue weighted by Gasteiger charge is -2.38. The number of pyridine rings is 1. The van der Waals surface area contributed by atoms with E-state index in [2.05, 4.69) is 39.6 Å². The summed E-state index contributed by atoms with van der Waals surface area (Å²) in [6.07, 6.45) is 12.3. The number of nitrogens with zero attached hydrogens (tertiary/aromatic N) is 8. The molecule has 3 fully saturated rings. The van der Waals surface area contributed by atoms with Crippen LogP contribution in [-0.4, -0.2) is 75.7 Å². The molecule has 0 amide bonds. The molecule has 0 radical (unpaired) electrons. The largest absolute Gasteiger partial charge is 0.461 e. The van der Waals surface area contributed by atoms with Gasteiger partial charge in [0.05, 0.1) is 35.0 Å². The van der Waals surface area contributed by atoms with Gasteiger partial charge in [0, 0.05) is 43.3 Å². The first-order valence-corrected chi connectivity index (χ1v) is 15.2. The highest BCUT2D eigenvalue weighted by Crippen LogP contribution is 2.42. The molecule has 11 heteroatoms. The fourth-order valence-corrected chi connectivity index (χ4v) is 7.31. The molecule has 1 unspecified atom stereocenters. The number of fused-ring (bicyclic) bond motifs is 3. The maximum atomic E-state index is 16.8. The molecule has 9 nitrogen and oxygen atoms in total. The minimum absolute atomic E-state index is 0.00294. The van der Waals surface area contributed by atoms with Crippen LogP contribution in [-0.2, 0) is 0 Å². The molecular weight excluding hydrogens is 586 g/mol. The fourth-order valence-electron chi connectivity index (χ4n) is 7.31. The Morgan fingerprint density at radius 2 is 2.00 bits per heavy atom. The highest BCUT2D eigenvalue weighted by Gasteiger charge is 2.46. The monoisotopic (exact) mass is 616 g/mol. The summed E-state index contributed by atoms with van der Waals surface area (Å²) in [6, 6.07) is 9.90. The number of anilines is 1. The van der Waals surface area contributed by atoms with Gasteiger partial charge in [-0.15, -0.1) is 6.42 Å². The number of aromatic nitrogens is 3. The summed E-state index contributed by atoms with van der Waals surface area (Å²) in [5, 5.41) is 20.4. The van der Waals surface area contributed by atoms with Gasteiger partial charge in [0.25, 0.3) is 0 Å². The second-order valence-corrected chi connectivity index (χ2v) is 12.2. The number of terminal acetylenes is 1. The van der Waals surface area contributed by atoms with Crippen LogP contribution in [0.1, 0.15) is 31.2 Å². The van der Waals surface area contributed by atoms with Crippen LogP contribution in [0.2, 0.25) is 0 Å². The molecule has 3 aliphatic rings. The number of benzene rings is 2. The number of nitriles is 2. The number of piperazine rings is 1. The topological polar surface area (TPSA) is 105 Å². The lowest BCUT2D eigenvalue weighted by molar-refractivity contribution is 0.108. The second kappa shape index (κ2) is 11.6. The zero-order chi connectivity index (χ0) is 32.0. The Labute approximate surface area is 265 Å². The maximum absolute atomic E-state index is 16.8. The molecule has 0 N–H and O–H groups in total. The highest BCUT2D eigenvalue weighted by atomic mass is 19.1. The zero-order valence-corrected chi connectivity index (χ0v) is 25.1. The Morgan fingerprint density at radius 1 is 1.13 bits per heavy atom. The van der Waals surface area contributed by atoms with Gasteiger partial charge in [-0.1, -0.05) is 42.3 Å². The van der Waals surface area contributed by atoms with Crippen LogP contribution in [0, 0.1) is 46.8 Å². The van der Waals surface area contributed by atoms with Crippen LogP contribution in [0.25, 0.3) is 32.9 Å². The molecule has 2 aromatic heterocycles. The third kappa shape index (κ3) is 4.83. The quantitative estimate of drug-likeness (QED) is 0.165. The first-order valence-electron chi connectivity index (χ1n) is 15.2. The summed E-state index contributed by atoms with van der Waals surface area (Å²) >= 11 is 0. The molecule has 46 heavy (non-hydrogen) atoms. The molecule has 0 aliphatic carbocycles. The standard InChI is InChI=1S/C35H30F2N8O/c1-3-25-28(36)9-8-23-6-4-7-26(29(23)25)31-30(37)32-27(17-40-31)33(43-14-15-44(21-39)24(19-43)10-12-38)42-34(41-32)46-20-35-11-5-13-45(35)18-22(2)16-35/h1,4,6-9,17,24H,2,5,10-11,13-16,18-20H2/t24-,35?/m0/s1. The highest BCUT2D eigenvalue weighted by molar-refractivity contribution is 6.02. The third-order valence-corrected chi connectivity index (χ3v) is 9.48. The van der Waals surface area contributed by atoms with Gasteiger partial charge in [0.1, 0.15) is 29.5 Å². The summed E-state index contributed by atoms with van der Waals surface area (Å²) in [5.74, 6) is 1.52. The van der Waals surface area contributed by atoms with Crippen molar-refractivity contribution in [3.63, 3.8) is 0 Å². The number of hydrogen-bond acceptors (Lipinski definition) is 9. The molecule has 3 saturated heterocycles. The van der Waals surface area contributed by atoms with Gasteiger partial charge in [0.15, 0.2) is 12.0 Å². The van der Waals surface area contributed by atoms with Gasteiger partial charge in [-0.2, -0.15) is 20.5 Å². The van der Waals surface area contributed by atoms with Crippen molar-refractivity contribution in [1.29, 1.82) is 10.5 Å². The molecule has 5 heterocycles. The zero-order valence-electron chi connectivity index (χ0n) is 25.1. The summed E-state index contributed by atoms with van der Waals surface area (Å²) in [7, 11) is 0. The lowest BCUT2D eigenvalue weighted by atomic mass is 9.94. The molecule has 2 atom stereocenters. The number of ether oxygens (including phenoxy) is 1. The summed E-state index contributed by atoms with van der Waals surface area (Å²) in [5.41, 5.74) is 1.29. The van der Waals surface area contributed by atoms with Gasteiger partial charge < -0.3 is 14.5 Å². The van der Waals surface area contributed by atoms with E-state index in [1.807, 2.05) is 4.90 Å². The Balaban J connectivity index is 1.36. The van der Waals surface area contributed by atoms with Crippen molar-refractivity contribution < 1.29 is 13.5 Å². The summed E-state index contributed by atoms with van der Waals surface area (Å²) in [6.45, 7) is 7.42. The van der Waals surface area contributed by atoms with Gasteiger partial charge in [-0.3, -0.25) is 9.88 Å². The molecular formula is C35H30F2N8O. The normalized spacial score (nSPS) is 21.3. The molecule has 230 valence electrons. The van der Waals surface area contributed by atoms with Crippen LogP contribution in [0.5, 0.6) is 6.01 Å². The molecule has 0 saturated carbocycles. The van der Waals surface area contributed by atoms with Crippen LogP contribution >= 0.6 is 0 Å². The summed E-state index contributed by atoms with van der Waals surface area (Å²) < 4.78 is 37.9. The first kappa shape index (κ1) is 29.4. The average molecular weight is 617 g/mol. The minimum Gasteiger partial charge on any atom is -0.461 e. The van der Waals surface area contributed by atoms with Crippen LogP contribution < -0.4 is 9.64 Å². The van der Waals surface area contributed by atoms with Crippen molar-refractivity contribution >= 4 is 27.5 Å². The van der Waals surface area contributed by atoms with Gasteiger partial charge in [0.2, 0.25) is 0 Å².